The van der Waals surface area contributed by atoms with Crippen molar-refractivity contribution in [3.63, 3.8) is 0 Å². The maximum atomic E-state index is 5.55. The Morgan fingerprint density at radius 3 is 2.26 bits per heavy atom. The third kappa shape index (κ3) is 2.48. The van der Waals surface area contributed by atoms with Crippen LogP contribution in [0.4, 0.5) is 0 Å². The van der Waals surface area contributed by atoms with Crippen LogP contribution < -0.4 is 0 Å². The zero-order valence-electron chi connectivity index (χ0n) is 10.6. The fourth-order valence-corrected chi connectivity index (χ4v) is 5.57. The normalized spacial score (nSPS) is 24.9. The van der Waals surface area contributed by atoms with Crippen molar-refractivity contribution in [2.24, 2.45) is 0 Å². The van der Waals surface area contributed by atoms with Crippen LogP contribution in [0.3, 0.4) is 0 Å². The first kappa shape index (κ1) is 13.6. The third-order valence-electron chi connectivity index (χ3n) is 3.21. The predicted molar refractivity (Wildman–Crippen MR) is 89.8 cm³/mol. The molecule has 2 unspecified atom stereocenters. The van der Waals surface area contributed by atoms with Gasteiger partial charge >= 0.3 is 0 Å². The van der Waals surface area contributed by atoms with Gasteiger partial charge in [-0.3, -0.25) is 4.90 Å². The molecule has 0 aliphatic carbocycles. The summed E-state index contributed by atoms with van der Waals surface area (Å²) in [4.78, 5) is 7.30. The second kappa shape index (κ2) is 5.54. The third-order valence-corrected chi connectivity index (χ3v) is 7.07. The number of thiocarbonyl (C=S) groups is 1. The van der Waals surface area contributed by atoms with Gasteiger partial charge in [-0.15, -0.1) is 22.7 Å². The molecule has 0 saturated carbocycles. The van der Waals surface area contributed by atoms with Gasteiger partial charge in [-0.2, -0.15) is 0 Å². The van der Waals surface area contributed by atoms with Crippen molar-refractivity contribution < 1.29 is 0 Å². The molecule has 6 heteroatoms. The Kier molecular flexibility index (Phi) is 3.96. The summed E-state index contributed by atoms with van der Waals surface area (Å²) < 4.78 is 0.968. The van der Waals surface area contributed by atoms with Crippen molar-refractivity contribution in [1.82, 2.24) is 9.80 Å². The topological polar surface area (TPSA) is 6.48 Å². The number of hydrogen-bond acceptors (Lipinski definition) is 5. The molecule has 19 heavy (non-hydrogen) atoms. The van der Waals surface area contributed by atoms with Gasteiger partial charge < -0.3 is 4.90 Å². The van der Waals surface area contributed by atoms with Gasteiger partial charge in [0, 0.05) is 16.8 Å². The molecule has 2 aromatic rings. The van der Waals surface area contributed by atoms with Crippen molar-refractivity contribution in [1.29, 1.82) is 0 Å². The zero-order chi connectivity index (χ0) is 13.4. The minimum absolute atomic E-state index is 0.237. The van der Waals surface area contributed by atoms with Gasteiger partial charge in [-0.05, 0) is 29.9 Å². The van der Waals surface area contributed by atoms with E-state index in [-0.39, 0.29) is 6.17 Å². The fourth-order valence-electron chi connectivity index (χ4n) is 2.28. The van der Waals surface area contributed by atoms with Gasteiger partial charge in [0.25, 0.3) is 0 Å². The minimum Gasteiger partial charge on any atom is -0.340 e. The van der Waals surface area contributed by atoms with E-state index in [9.17, 15) is 0 Å². The van der Waals surface area contributed by atoms with Gasteiger partial charge in [0.1, 0.15) is 10.5 Å². The molecule has 1 fully saturated rings. The first-order chi connectivity index (χ1) is 9.18. The smallest absolute Gasteiger partial charge is 0.139 e. The molecule has 1 aliphatic rings. The van der Waals surface area contributed by atoms with E-state index >= 15 is 0 Å². The number of rotatable bonds is 2. The maximum Gasteiger partial charge on any atom is 0.139 e. The molecule has 2 aromatic heterocycles. The van der Waals surface area contributed by atoms with E-state index in [2.05, 4.69) is 58.9 Å². The molecule has 1 saturated heterocycles. The molecule has 0 aromatic carbocycles. The van der Waals surface area contributed by atoms with Crippen molar-refractivity contribution >= 4 is 51.0 Å². The van der Waals surface area contributed by atoms with Gasteiger partial charge in [0.2, 0.25) is 0 Å². The lowest BCUT2D eigenvalue weighted by atomic mass is 10.3. The predicted octanol–water partition coefficient (Wildman–Crippen LogP) is 4.40. The molecule has 2 atom stereocenters. The summed E-state index contributed by atoms with van der Waals surface area (Å²) in [5, 5.41) is 4.57. The highest BCUT2D eigenvalue weighted by molar-refractivity contribution is 8.23. The molecule has 0 N–H and O–H groups in total. The van der Waals surface area contributed by atoms with Crippen molar-refractivity contribution in [2.75, 3.05) is 14.1 Å². The van der Waals surface area contributed by atoms with Crippen LogP contribution in [0.2, 0.25) is 0 Å². The molecule has 3 rings (SSSR count). The summed E-state index contributed by atoms with van der Waals surface area (Å²) >= 11 is 10.9. The van der Waals surface area contributed by atoms with E-state index in [1.54, 1.807) is 34.4 Å². The standard InChI is InChI=1S/C13H14N2S4/c1-14-11(9-5-3-7-17-9)15(2)13(16)19-12(14)10-6-4-8-18-10/h3-8,11-12H,1-2H3. The van der Waals surface area contributed by atoms with Gasteiger partial charge in [-0.1, -0.05) is 36.1 Å². The quantitative estimate of drug-likeness (QED) is 0.754. The number of thiophene rings is 2. The molecule has 0 spiro atoms. The molecule has 0 amide bonds. The first-order valence-electron chi connectivity index (χ1n) is 5.90. The van der Waals surface area contributed by atoms with Crippen LogP contribution in [0.25, 0.3) is 0 Å². The summed E-state index contributed by atoms with van der Waals surface area (Å²) in [6.45, 7) is 0. The van der Waals surface area contributed by atoms with E-state index in [0.29, 0.717) is 5.37 Å². The summed E-state index contributed by atoms with van der Waals surface area (Å²) in [6.07, 6.45) is 0.237. The number of hydrogen-bond donors (Lipinski definition) is 0. The summed E-state index contributed by atoms with van der Waals surface area (Å²) in [5.41, 5.74) is 0. The monoisotopic (exact) mass is 326 g/mol. The average Bonchev–Trinajstić information content (AvgIpc) is 3.06. The minimum atomic E-state index is 0.237. The van der Waals surface area contributed by atoms with Crippen LogP contribution in [0.1, 0.15) is 21.3 Å². The van der Waals surface area contributed by atoms with E-state index in [4.69, 9.17) is 12.2 Å². The number of thioether (sulfide) groups is 1. The second-order valence-electron chi connectivity index (χ2n) is 4.42. The Bertz CT molecular complexity index is 549. The SMILES string of the molecule is CN1C(=S)SC(c2cccs2)N(C)C1c1cccs1. The van der Waals surface area contributed by atoms with Gasteiger partial charge in [0.05, 0.1) is 5.37 Å². The summed E-state index contributed by atoms with van der Waals surface area (Å²) in [6, 6.07) is 8.59. The molecule has 0 radical (unpaired) electrons. The summed E-state index contributed by atoms with van der Waals surface area (Å²) in [5.74, 6) is 0. The Morgan fingerprint density at radius 2 is 1.68 bits per heavy atom. The fraction of sp³-hybridized carbons (Fsp3) is 0.308. The van der Waals surface area contributed by atoms with Crippen LogP contribution in [0.5, 0.6) is 0 Å². The zero-order valence-corrected chi connectivity index (χ0v) is 13.9. The van der Waals surface area contributed by atoms with Crippen molar-refractivity contribution in [3.8, 4) is 0 Å². The first-order valence-corrected chi connectivity index (χ1v) is 8.95. The molecule has 2 nitrogen and oxygen atoms in total. The highest BCUT2D eigenvalue weighted by Crippen LogP contribution is 2.46. The van der Waals surface area contributed by atoms with Crippen LogP contribution in [-0.2, 0) is 0 Å². The average molecular weight is 327 g/mol. The molecular formula is C13H14N2S4. The molecule has 100 valence electrons. The van der Waals surface area contributed by atoms with Gasteiger partial charge in [-0.25, -0.2) is 0 Å². The van der Waals surface area contributed by atoms with E-state index in [1.807, 2.05) is 0 Å². The van der Waals surface area contributed by atoms with Crippen LogP contribution in [0, 0.1) is 0 Å². The lowest BCUT2D eigenvalue weighted by Gasteiger charge is -2.45. The molecular weight excluding hydrogens is 312 g/mol. The number of nitrogens with zero attached hydrogens (tertiary/aromatic N) is 2. The maximum absolute atomic E-state index is 5.55. The molecule has 3 heterocycles. The highest BCUT2D eigenvalue weighted by Gasteiger charge is 2.37. The Hall–Kier alpha value is -0.400. The second-order valence-corrected chi connectivity index (χ2v) is 8.09. The van der Waals surface area contributed by atoms with Crippen LogP contribution in [0.15, 0.2) is 35.0 Å². The lowest BCUT2D eigenvalue weighted by molar-refractivity contribution is 0.127. The van der Waals surface area contributed by atoms with E-state index < -0.39 is 0 Å². The Balaban J connectivity index is 1.96. The largest absolute Gasteiger partial charge is 0.340 e. The highest BCUT2D eigenvalue weighted by atomic mass is 32.2. The van der Waals surface area contributed by atoms with Crippen LogP contribution >= 0.6 is 46.7 Å². The van der Waals surface area contributed by atoms with Crippen molar-refractivity contribution in [2.45, 2.75) is 11.5 Å². The molecule has 0 bridgehead atoms. The van der Waals surface area contributed by atoms with Gasteiger partial charge in [0.15, 0.2) is 0 Å². The Morgan fingerprint density at radius 1 is 1.05 bits per heavy atom. The van der Waals surface area contributed by atoms with Crippen molar-refractivity contribution in [3.05, 3.63) is 44.8 Å². The Labute approximate surface area is 131 Å². The lowest BCUT2D eigenvalue weighted by Crippen LogP contribution is -2.44. The molecule has 1 aliphatic heterocycles. The summed E-state index contributed by atoms with van der Waals surface area (Å²) in [7, 11) is 4.26. The van der Waals surface area contributed by atoms with E-state index in [1.165, 1.54) is 9.75 Å². The van der Waals surface area contributed by atoms with Crippen LogP contribution in [-0.4, -0.2) is 28.2 Å². The van der Waals surface area contributed by atoms with E-state index in [0.717, 1.165) is 4.32 Å².